The standard InChI is InChI=1S/C9H8BrIO2/c1-5-2-7(11)3-6(9(5)10)4-8(12)13/h2-3H,4H2,1H3,(H,12,13). The molecule has 0 amide bonds. The van der Waals surface area contributed by atoms with Gasteiger partial charge in [-0.3, -0.25) is 4.79 Å². The van der Waals surface area contributed by atoms with Gasteiger partial charge in [0, 0.05) is 8.04 Å². The van der Waals surface area contributed by atoms with Crippen LogP contribution in [0.3, 0.4) is 0 Å². The van der Waals surface area contributed by atoms with Crippen LogP contribution in [0.1, 0.15) is 11.1 Å². The van der Waals surface area contributed by atoms with Crippen LogP contribution in [0.5, 0.6) is 0 Å². The summed E-state index contributed by atoms with van der Waals surface area (Å²) in [6, 6.07) is 3.89. The molecule has 1 aromatic rings. The molecule has 0 aliphatic rings. The van der Waals surface area contributed by atoms with E-state index in [-0.39, 0.29) is 6.42 Å². The van der Waals surface area contributed by atoms with E-state index in [0.717, 1.165) is 19.2 Å². The minimum atomic E-state index is -0.804. The highest BCUT2D eigenvalue weighted by molar-refractivity contribution is 14.1. The third-order valence-electron chi connectivity index (χ3n) is 1.64. The molecule has 1 aromatic carbocycles. The Morgan fingerprint density at radius 2 is 2.23 bits per heavy atom. The number of benzene rings is 1. The summed E-state index contributed by atoms with van der Waals surface area (Å²) in [6.45, 7) is 1.96. The van der Waals surface area contributed by atoms with Gasteiger partial charge in [-0.1, -0.05) is 15.9 Å². The van der Waals surface area contributed by atoms with Crippen molar-refractivity contribution in [2.45, 2.75) is 13.3 Å². The third kappa shape index (κ3) is 2.95. The number of aryl methyl sites for hydroxylation is 1. The van der Waals surface area contributed by atoms with Crippen LogP contribution in [0.25, 0.3) is 0 Å². The van der Waals surface area contributed by atoms with Crippen molar-refractivity contribution in [3.63, 3.8) is 0 Å². The molecule has 4 heteroatoms. The fourth-order valence-electron chi connectivity index (χ4n) is 1.09. The lowest BCUT2D eigenvalue weighted by atomic mass is 10.1. The summed E-state index contributed by atoms with van der Waals surface area (Å²) in [5.74, 6) is -0.804. The van der Waals surface area contributed by atoms with E-state index < -0.39 is 5.97 Å². The summed E-state index contributed by atoms with van der Waals surface area (Å²) in [4.78, 5) is 10.5. The molecule has 0 aliphatic carbocycles. The minimum absolute atomic E-state index is 0.0677. The zero-order chi connectivity index (χ0) is 10.0. The van der Waals surface area contributed by atoms with Crippen LogP contribution in [-0.2, 0) is 11.2 Å². The molecule has 0 aliphatic heterocycles. The number of rotatable bonds is 2. The molecule has 1 N–H and O–H groups in total. The predicted molar refractivity (Wildman–Crippen MR) is 62.9 cm³/mol. The largest absolute Gasteiger partial charge is 0.481 e. The van der Waals surface area contributed by atoms with Crippen LogP contribution in [0.2, 0.25) is 0 Å². The number of halogens is 2. The van der Waals surface area contributed by atoms with Gasteiger partial charge in [0.15, 0.2) is 0 Å². The Balaban J connectivity index is 3.12. The predicted octanol–water partition coefficient (Wildman–Crippen LogP) is 2.99. The maximum absolute atomic E-state index is 10.5. The highest BCUT2D eigenvalue weighted by atomic mass is 127. The van der Waals surface area contributed by atoms with Crippen molar-refractivity contribution in [1.29, 1.82) is 0 Å². The van der Waals surface area contributed by atoms with Gasteiger partial charge >= 0.3 is 5.97 Å². The third-order valence-corrected chi connectivity index (χ3v) is 3.39. The highest BCUT2D eigenvalue weighted by Crippen LogP contribution is 2.24. The van der Waals surface area contributed by atoms with Crippen LogP contribution in [-0.4, -0.2) is 11.1 Å². The molecule has 0 heterocycles. The lowest BCUT2D eigenvalue weighted by Crippen LogP contribution is -2.02. The van der Waals surface area contributed by atoms with E-state index in [9.17, 15) is 4.79 Å². The van der Waals surface area contributed by atoms with E-state index in [0.29, 0.717) is 0 Å². The van der Waals surface area contributed by atoms with Crippen molar-refractivity contribution < 1.29 is 9.90 Å². The zero-order valence-electron chi connectivity index (χ0n) is 6.97. The quantitative estimate of drug-likeness (QED) is 0.829. The van der Waals surface area contributed by atoms with Gasteiger partial charge in [-0.25, -0.2) is 0 Å². The summed E-state index contributed by atoms with van der Waals surface area (Å²) in [5, 5.41) is 8.65. The molecule has 0 spiro atoms. The number of carboxylic acids is 1. The molecule has 70 valence electrons. The number of aliphatic carboxylic acids is 1. The Morgan fingerprint density at radius 1 is 1.62 bits per heavy atom. The Morgan fingerprint density at radius 3 is 2.77 bits per heavy atom. The molecule has 13 heavy (non-hydrogen) atoms. The second-order valence-corrected chi connectivity index (χ2v) is 4.80. The first-order valence-corrected chi connectivity index (χ1v) is 5.54. The van der Waals surface area contributed by atoms with Gasteiger partial charge in [-0.2, -0.15) is 0 Å². The molecule has 0 unspecified atom stereocenters. The molecule has 0 bridgehead atoms. The van der Waals surface area contributed by atoms with Crippen LogP contribution >= 0.6 is 38.5 Å². The van der Waals surface area contributed by atoms with Crippen molar-refractivity contribution in [1.82, 2.24) is 0 Å². The number of hydrogen-bond acceptors (Lipinski definition) is 1. The van der Waals surface area contributed by atoms with Crippen molar-refractivity contribution in [3.05, 3.63) is 31.3 Å². The number of carbonyl (C=O) groups is 1. The smallest absolute Gasteiger partial charge is 0.307 e. The lowest BCUT2D eigenvalue weighted by Gasteiger charge is -2.05. The first kappa shape index (κ1) is 11.0. The van der Waals surface area contributed by atoms with Gasteiger partial charge in [0.2, 0.25) is 0 Å². The fraction of sp³-hybridized carbons (Fsp3) is 0.222. The Kier molecular flexibility index (Phi) is 3.73. The molecule has 0 saturated carbocycles. The van der Waals surface area contributed by atoms with E-state index in [4.69, 9.17) is 5.11 Å². The summed E-state index contributed by atoms with van der Waals surface area (Å²) in [5.41, 5.74) is 1.90. The average molecular weight is 355 g/mol. The van der Waals surface area contributed by atoms with Crippen LogP contribution in [0.15, 0.2) is 16.6 Å². The van der Waals surface area contributed by atoms with Gasteiger partial charge in [0.05, 0.1) is 6.42 Å². The van der Waals surface area contributed by atoms with Crippen molar-refractivity contribution in [3.8, 4) is 0 Å². The summed E-state index contributed by atoms with van der Waals surface area (Å²) < 4.78 is 1.96. The van der Waals surface area contributed by atoms with E-state index in [1.165, 1.54) is 0 Å². The van der Waals surface area contributed by atoms with Gasteiger partial charge in [0.1, 0.15) is 0 Å². The van der Waals surface area contributed by atoms with Crippen molar-refractivity contribution >= 4 is 44.5 Å². The Bertz CT molecular complexity index is 350. The molecular formula is C9H8BrIO2. The maximum atomic E-state index is 10.5. The first-order chi connectivity index (χ1) is 6.00. The molecule has 0 aromatic heterocycles. The molecule has 1 rings (SSSR count). The van der Waals surface area contributed by atoms with E-state index in [1.807, 2.05) is 19.1 Å². The number of carboxylic acid groups (broad SMARTS) is 1. The van der Waals surface area contributed by atoms with Crippen LogP contribution < -0.4 is 0 Å². The summed E-state index contributed by atoms with van der Waals surface area (Å²) in [7, 11) is 0. The lowest BCUT2D eigenvalue weighted by molar-refractivity contribution is -0.136. The first-order valence-electron chi connectivity index (χ1n) is 3.67. The normalized spacial score (nSPS) is 10.1. The molecule has 0 atom stereocenters. The fourth-order valence-corrected chi connectivity index (χ4v) is 2.30. The van der Waals surface area contributed by atoms with Crippen molar-refractivity contribution in [2.24, 2.45) is 0 Å². The zero-order valence-corrected chi connectivity index (χ0v) is 10.7. The minimum Gasteiger partial charge on any atom is -0.481 e. The van der Waals surface area contributed by atoms with Gasteiger partial charge in [-0.05, 0) is 52.8 Å². The van der Waals surface area contributed by atoms with Gasteiger partial charge < -0.3 is 5.11 Å². The van der Waals surface area contributed by atoms with Gasteiger partial charge in [-0.15, -0.1) is 0 Å². The maximum Gasteiger partial charge on any atom is 0.307 e. The molecule has 0 fully saturated rings. The summed E-state index contributed by atoms with van der Waals surface area (Å²) >= 11 is 5.56. The summed E-state index contributed by atoms with van der Waals surface area (Å²) in [6.07, 6.45) is 0.0677. The van der Waals surface area contributed by atoms with Crippen molar-refractivity contribution in [2.75, 3.05) is 0 Å². The Hall–Kier alpha value is -0.100. The van der Waals surface area contributed by atoms with E-state index in [1.54, 1.807) is 0 Å². The molecular weight excluding hydrogens is 347 g/mol. The van der Waals surface area contributed by atoms with E-state index >= 15 is 0 Å². The van der Waals surface area contributed by atoms with E-state index in [2.05, 4.69) is 38.5 Å². The second-order valence-electron chi connectivity index (χ2n) is 2.77. The molecule has 2 nitrogen and oxygen atoms in total. The second kappa shape index (κ2) is 4.41. The molecule has 0 radical (unpaired) electrons. The SMILES string of the molecule is Cc1cc(I)cc(CC(=O)O)c1Br. The Labute approximate surface area is 98.6 Å². The van der Waals surface area contributed by atoms with Crippen LogP contribution in [0.4, 0.5) is 0 Å². The highest BCUT2D eigenvalue weighted by Gasteiger charge is 2.08. The van der Waals surface area contributed by atoms with Gasteiger partial charge in [0.25, 0.3) is 0 Å². The number of hydrogen-bond donors (Lipinski definition) is 1. The topological polar surface area (TPSA) is 37.3 Å². The molecule has 0 saturated heterocycles. The van der Waals surface area contributed by atoms with Crippen LogP contribution in [0, 0.1) is 10.5 Å². The average Bonchev–Trinajstić information content (AvgIpc) is 1.98. The monoisotopic (exact) mass is 354 g/mol.